The third-order valence-corrected chi connectivity index (χ3v) is 4.11. The van der Waals surface area contributed by atoms with Crippen LogP contribution in [0.5, 0.6) is 0 Å². The van der Waals surface area contributed by atoms with Crippen molar-refractivity contribution in [3.05, 3.63) is 17.5 Å². The highest BCUT2D eigenvalue weighted by atomic mass is 16.2. The molecule has 2 N–H and O–H groups in total. The maximum Gasteiger partial charge on any atom is 0.317 e. The fourth-order valence-electron chi connectivity index (χ4n) is 2.92. The van der Waals surface area contributed by atoms with Crippen LogP contribution in [0, 0.1) is 12.8 Å². The quantitative estimate of drug-likeness (QED) is 0.837. The van der Waals surface area contributed by atoms with Crippen LogP contribution in [0.15, 0.2) is 6.20 Å². The van der Waals surface area contributed by atoms with Gasteiger partial charge < -0.3 is 15.1 Å². The molecular formula is C15H27N5O. The minimum absolute atomic E-state index is 0.0382. The zero-order valence-electron chi connectivity index (χ0n) is 13.4. The van der Waals surface area contributed by atoms with E-state index in [-0.39, 0.29) is 6.03 Å². The number of carbonyl (C=O) groups excluding carboxylic acids is 1. The number of aryl methyl sites for hydroxylation is 1. The molecule has 1 aromatic heterocycles. The summed E-state index contributed by atoms with van der Waals surface area (Å²) in [6.45, 7) is 8.64. The smallest absolute Gasteiger partial charge is 0.317 e. The van der Waals surface area contributed by atoms with Gasteiger partial charge in [-0.25, -0.2) is 4.79 Å². The molecular weight excluding hydrogens is 266 g/mol. The Bertz CT molecular complexity index is 459. The lowest BCUT2D eigenvalue weighted by Crippen LogP contribution is -2.39. The average Bonchev–Trinajstić information content (AvgIpc) is 3.06. The molecule has 0 spiro atoms. The molecule has 1 unspecified atom stereocenters. The summed E-state index contributed by atoms with van der Waals surface area (Å²) >= 11 is 0. The van der Waals surface area contributed by atoms with Gasteiger partial charge in [-0.15, -0.1) is 0 Å². The molecule has 1 aliphatic heterocycles. The number of aromatic nitrogens is 2. The van der Waals surface area contributed by atoms with Crippen LogP contribution < -0.4 is 5.32 Å². The van der Waals surface area contributed by atoms with Gasteiger partial charge in [0, 0.05) is 37.4 Å². The Labute approximate surface area is 126 Å². The van der Waals surface area contributed by atoms with Gasteiger partial charge in [0.2, 0.25) is 0 Å². The van der Waals surface area contributed by atoms with Crippen LogP contribution >= 0.6 is 0 Å². The largest absolute Gasteiger partial charge is 0.334 e. The van der Waals surface area contributed by atoms with Crippen molar-refractivity contribution in [2.45, 2.75) is 33.2 Å². The molecule has 0 aliphatic carbocycles. The number of hydrogen-bond acceptors (Lipinski definition) is 3. The molecule has 1 aromatic rings. The number of amides is 2. The van der Waals surface area contributed by atoms with E-state index in [0.717, 1.165) is 43.9 Å². The Morgan fingerprint density at radius 3 is 3.10 bits per heavy atom. The van der Waals surface area contributed by atoms with Crippen molar-refractivity contribution in [2.75, 3.05) is 33.2 Å². The van der Waals surface area contributed by atoms with E-state index in [9.17, 15) is 4.79 Å². The summed E-state index contributed by atoms with van der Waals surface area (Å²) in [5.74, 6) is 0.600. The van der Waals surface area contributed by atoms with Crippen molar-refractivity contribution in [2.24, 2.45) is 5.92 Å². The summed E-state index contributed by atoms with van der Waals surface area (Å²) < 4.78 is 0. The number of nitrogens with zero attached hydrogens (tertiary/aromatic N) is 3. The topological polar surface area (TPSA) is 64.3 Å². The SMILES string of the molecule is CCCN(C)CC1CCN(C(=O)NCc2cn[nH]c2C)C1. The Kier molecular flexibility index (Phi) is 5.61. The monoisotopic (exact) mass is 293 g/mol. The number of carbonyl (C=O) groups is 1. The fraction of sp³-hybridized carbons (Fsp3) is 0.733. The highest BCUT2D eigenvalue weighted by Gasteiger charge is 2.26. The summed E-state index contributed by atoms with van der Waals surface area (Å²) in [4.78, 5) is 16.5. The van der Waals surface area contributed by atoms with E-state index in [0.29, 0.717) is 12.5 Å². The van der Waals surface area contributed by atoms with Crippen LogP contribution in [0.4, 0.5) is 4.79 Å². The molecule has 1 fully saturated rings. The molecule has 1 saturated heterocycles. The number of H-pyrrole nitrogens is 1. The van der Waals surface area contributed by atoms with Gasteiger partial charge in [0.1, 0.15) is 0 Å². The molecule has 0 bridgehead atoms. The normalized spacial score (nSPS) is 18.5. The van der Waals surface area contributed by atoms with Gasteiger partial charge in [-0.05, 0) is 39.3 Å². The minimum atomic E-state index is 0.0382. The average molecular weight is 293 g/mol. The van der Waals surface area contributed by atoms with E-state index in [2.05, 4.69) is 34.4 Å². The van der Waals surface area contributed by atoms with Crippen molar-refractivity contribution in [3.8, 4) is 0 Å². The van der Waals surface area contributed by atoms with Gasteiger partial charge >= 0.3 is 6.03 Å². The van der Waals surface area contributed by atoms with Crippen molar-refractivity contribution in [1.82, 2.24) is 25.3 Å². The number of aromatic amines is 1. The first kappa shape index (κ1) is 15.8. The number of rotatable bonds is 6. The molecule has 0 aromatic carbocycles. The maximum atomic E-state index is 12.2. The van der Waals surface area contributed by atoms with Gasteiger partial charge in [-0.1, -0.05) is 6.92 Å². The zero-order chi connectivity index (χ0) is 15.2. The van der Waals surface area contributed by atoms with Crippen LogP contribution in [0.25, 0.3) is 0 Å². The molecule has 0 saturated carbocycles. The highest BCUT2D eigenvalue weighted by molar-refractivity contribution is 5.74. The predicted molar refractivity (Wildman–Crippen MR) is 83.0 cm³/mol. The number of likely N-dealkylation sites (tertiary alicyclic amines) is 1. The molecule has 6 heteroatoms. The molecule has 118 valence electrons. The highest BCUT2D eigenvalue weighted by Crippen LogP contribution is 2.17. The maximum absolute atomic E-state index is 12.2. The van der Waals surface area contributed by atoms with Gasteiger partial charge in [0.05, 0.1) is 6.20 Å². The summed E-state index contributed by atoms with van der Waals surface area (Å²) in [7, 11) is 2.16. The first-order valence-corrected chi connectivity index (χ1v) is 7.80. The van der Waals surface area contributed by atoms with Crippen molar-refractivity contribution in [3.63, 3.8) is 0 Å². The number of urea groups is 1. The molecule has 1 aliphatic rings. The van der Waals surface area contributed by atoms with E-state index < -0.39 is 0 Å². The molecule has 0 radical (unpaired) electrons. The number of nitrogens with one attached hydrogen (secondary N) is 2. The van der Waals surface area contributed by atoms with Crippen LogP contribution in [0.2, 0.25) is 0 Å². The van der Waals surface area contributed by atoms with Crippen LogP contribution in [-0.2, 0) is 6.54 Å². The second kappa shape index (κ2) is 7.45. The van der Waals surface area contributed by atoms with Crippen LogP contribution in [0.1, 0.15) is 31.0 Å². The van der Waals surface area contributed by atoms with Gasteiger partial charge in [-0.2, -0.15) is 5.10 Å². The van der Waals surface area contributed by atoms with Crippen LogP contribution in [0.3, 0.4) is 0 Å². The molecule has 2 heterocycles. The third-order valence-electron chi connectivity index (χ3n) is 4.11. The Morgan fingerprint density at radius 2 is 2.43 bits per heavy atom. The van der Waals surface area contributed by atoms with E-state index >= 15 is 0 Å². The van der Waals surface area contributed by atoms with E-state index in [4.69, 9.17) is 0 Å². The van der Waals surface area contributed by atoms with Gasteiger partial charge in [0.15, 0.2) is 0 Å². The van der Waals surface area contributed by atoms with E-state index in [1.54, 1.807) is 6.20 Å². The molecule has 2 amide bonds. The van der Waals surface area contributed by atoms with Crippen molar-refractivity contribution >= 4 is 6.03 Å². The lowest BCUT2D eigenvalue weighted by atomic mass is 10.1. The Morgan fingerprint density at radius 1 is 1.62 bits per heavy atom. The van der Waals surface area contributed by atoms with Gasteiger partial charge in [-0.3, -0.25) is 5.10 Å². The molecule has 1 atom stereocenters. The van der Waals surface area contributed by atoms with E-state index in [1.807, 2.05) is 11.8 Å². The molecule has 6 nitrogen and oxygen atoms in total. The zero-order valence-corrected chi connectivity index (χ0v) is 13.4. The van der Waals surface area contributed by atoms with Crippen molar-refractivity contribution in [1.29, 1.82) is 0 Å². The van der Waals surface area contributed by atoms with Crippen LogP contribution in [-0.4, -0.2) is 59.3 Å². The summed E-state index contributed by atoms with van der Waals surface area (Å²) in [6, 6.07) is 0.0382. The van der Waals surface area contributed by atoms with Gasteiger partial charge in [0.25, 0.3) is 0 Å². The molecule has 2 rings (SSSR count). The molecule has 21 heavy (non-hydrogen) atoms. The second-order valence-electron chi connectivity index (χ2n) is 6.04. The van der Waals surface area contributed by atoms with Crippen molar-refractivity contribution < 1.29 is 4.79 Å². The first-order chi connectivity index (χ1) is 10.1. The lowest BCUT2D eigenvalue weighted by molar-refractivity contribution is 0.203. The Hall–Kier alpha value is -1.56. The van der Waals surface area contributed by atoms with E-state index in [1.165, 1.54) is 6.42 Å². The summed E-state index contributed by atoms with van der Waals surface area (Å²) in [5.41, 5.74) is 2.05. The lowest BCUT2D eigenvalue weighted by Gasteiger charge is -2.21. The number of hydrogen-bond donors (Lipinski definition) is 2. The standard InChI is InChI=1S/C15H27N5O/c1-4-6-19(3)10-13-5-7-20(11-13)15(21)16-8-14-9-17-18-12(14)2/h9,13H,4-8,10-11H2,1-3H3,(H,16,21)(H,17,18). The second-order valence-corrected chi connectivity index (χ2v) is 6.04. The fourth-order valence-corrected chi connectivity index (χ4v) is 2.92. The third kappa shape index (κ3) is 4.46. The predicted octanol–water partition coefficient (Wildman–Crippen LogP) is 1.59. The summed E-state index contributed by atoms with van der Waals surface area (Å²) in [5, 5.41) is 9.83. The summed E-state index contributed by atoms with van der Waals surface area (Å²) in [6.07, 6.45) is 4.05. The first-order valence-electron chi connectivity index (χ1n) is 7.80. The minimum Gasteiger partial charge on any atom is -0.334 e. The Balaban J connectivity index is 1.73.